The summed E-state index contributed by atoms with van der Waals surface area (Å²) in [5, 5.41) is 29.3. The van der Waals surface area contributed by atoms with E-state index in [2.05, 4.69) is 0 Å². The van der Waals surface area contributed by atoms with Crippen molar-refractivity contribution in [2.24, 2.45) is 0 Å². The van der Waals surface area contributed by atoms with Crippen LogP contribution < -0.4 is 0 Å². The standard InChI is InChI=1S/C14H20O6/c1-18-14-12(17)13(11(16)10(7-15)20-14)19-8-9-5-3-2-4-6-9/h2-6,10-17H,7-8H2,1H3/t10-,11+,12-,13-,14+/m1/s1. The van der Waals surface area contributed by atoms with Crippen molar-refractivity contribution in [2.75, 3.05) is 13.7 Å². The van der Waals surface area contributed by atoms with Crippen LogP contribution in [0.1, 0.15) is 5.56 Å². The van der Waals surface area contributed by atoms with Gasteiger partial charge in [-0.15, -0.1) is 0 Å². The number of aliphatic hydroxyl groups is 3. The molecule has 1 aromatic rings. The Kier molecular flexibility index (Phi) is 5.47. The van der Waals surface area contributed by atoms with Crippen molar-refractivity contribution in [1.82, 2.24) is 0 Å². The van der Waals surface area contributed by atoms with Crippen LogP contribution in [0.3, 0.4) is 0 Å². The second kappa shape index (κ2) is 7.12. The van der Waals surface area contributed by atoms with E-state index in [0.29, 0.717) is 0 Å². The maximum Gasteiger partial charge on any atom is 0.186 e. The lowest BCUT2D eigenvalue weighted by Gasteiger charge is -2.41. The van der Waals surface area contributed by atoms with Gasteiger partial charge in [-0.05, 0) is 5.56 Å². The van der Waals surface area contributed by atoms with Gasteiger partial charge in [-0.3, -0.25) is 0 Å². The van der Waals surface area contributed by atoms with Crippen molar-refractivity contribution in [2.45, 2.75) is 37.3 Å². The highest BCUT2D eigenvalue weighted by Crippen LogP contribution is 2.24. The van der Waals surface area contributed by atoms with Crippen LogP contribution in [0.15, 0.2) is 30.3 Å². The molecule has 1 fully saturated rings. The summed E-state index contributed by atoms with van der Waals surface area (Å²) in [6.07, 6.45) is -4.90. The molecule has 6 nitrogen and oxygen atoms in total. The van der Waals surface area contributed by atoms with Crippen LogP contribution in [0.25, 0.3) is 0 Å². The molecule has 5 atom stereocenters. The second-order valence-electron chi connectivity index (χ2n) is 4.70. The first-order valence-corrected chi connectivity index (χ1v) is 6.48. The predicted octanol–water partition coefficient (Wildman–Crippen LogP) is -0.343. The van der Waals surface area contributed by atoms with Crippen molar-refractivity contribution in [1.29, 1.82) is 0 Å². The van der Waals surface area contributed by atoms with E-state index in [-0.39, 0.29) is 13.2 Å². The Morgan fingerprint density at radius 1 is 1.15 bits per heavy atom. The monoisotopic (exact) mass is 284 g/mol. The van der Waals surface area contributed by atoms with Crippen LogP contribution >= 0.6 is 0 Å². The summed E-state index contributed by atoms with van der Waals surface area (Å²) in [7, 11) is 1.38. The largest absolute Gasteiger partial charge is 0.394 e. The quantitative estimate of drug-likeness (QED) is 0.685. The molecule has 0 aliphatic carbocycles. The Hall–Kier alpha value is -1.02. The SMILES string of the molecule is CO[C@H]1O[C@H](CO)[C@H](O)[C@@H](OCc2ccccc2)[C@H]1O. The van der Waals surface area contributed by atoms with Gasteiger partial charge in [0, 0.05) is 7.11 Å². The molecule has 0 unspecified atom stereocenters. The molecule has 112 valence electrons. The van der Waals surface area contributed by atoms with Crippen LogP contribution in [-0.4, -0.2) is 59.7 Å². The summed E-state index contributed by atoms with van der Waals surface area (Å²) in [4.78, 5) is 0. The zero-order chi connectivity index (χ0) is 14.5. The molecule has 0 amide bonds. The lowest BCUT2D eigenvalue weighted by atomic mass is 9.99. The highest BCUT2D eigenvalue weighted by atomic mass is 16.7. The molecule has 3 N–H and O–H groups in total. The minimum Gasteiger partial charge on any atom is -0.394 e. The summed E-state index contributed by atoms with van der Waals surface area (Å²) < 4.78 is 15.8. The summed E-state index contributed by atoms with van der Waals surface area (Å²) in [5.74, 6) is 0. The molecule has 0 spiro atoms. The van der Waals surface area contributed by atoms with Gasteiger partial charge >= 0.3 is 0 Å². The number of aliphatic hydroxyl groups excluding tert-OH is 3. The van der Waals surface area contributed by atoms with E-state index in [0.717, 1.165) is 5.56 Å². The summed E-state index contributed by atoms with van der Waals surface area (Å²) in [6.45, 7) is -0.132. The first-order chi connectivity index (χ1) is 9.67. The van der Waals surface area contributed by atoms with Crippen molar-refractivity contribution < 1.29 is 29.5 Å². The van der Waals surface area contributed by atoms with E-state index in [9.17, 15) is 15.3 Å². The van der Waals surface area contributed by atoms with Crippen LogP contribution in [0.2, 0.25) is 0 Å². The molecule has 1 aliphatic heterocycles. The third-order valence-electron chi connectivity index (χ3n) is 3.34. The topological polar surface area (TPSA) is 88.4 Å². The highest BCUT2D eigenvalue weighted by Gasteiger charge is 2.45. The molecular formula is C14H20O6. The van der Waals surface area contributed by atoms with Gasteiger partial charge in [-0.25, -0.2) is 0 Å². The first kappa shape index (κ1) is 15.4. The van der Waals surface area contributed by atoms with Crippen LogP contribution in [0.5, 0.6) is 0 Å². The molecule has 0 saturated carbocycles. The molecule has 1 aliphatic rings. The summed E-state index contributed by atoms with van der Waals surface area (Å²) in [6, 6.07) is 9.42. The van der Waals surface area contributed by atoms with Crippen LogP contribution in [-0.2, 0) is 20.8 Å². The van der Waals surface area contributed by atoms with E-state index < -0.39 is 30.7 Å². The minimum absolute atomic E-state index is 0.244. The zero-order valence-corrected chi connectivity index (χ0v) is 11.3. The maximum atomic E-state index is 10.1. The third kappa shape index (κ3) is 3.35. The Morgan fingerprint density at radius 2 is 1.85 bits per heavy atom. The van der Waals surface area contributed by atoms with Gasteiger partial charge in [-0.2, -0.15) is 0 Å². The van der Waals surface area contributed by atoms with Gasteiger partial charge in [0.05, 0.1) is 13.2 Å². The fourth-order valence-corrected chi connectivity index (χ4v) is 2.21. The number of hydrogen-bond acceptors (Lipinski definition) is 6. The molecule has 0 aromatic heterocycles. The number of ether oxygens (including phenoxy) is 3. The second-order valence-corrected chi connectivity index (χ2v) is 4.70. The van der Waals surface area contributed by atoms with E-state index in [4.69, 9.17) is 14.2 Å². The van der Waals surface area contributed by atoms with Gasteiger partial charge < -0.3 is 29.5 Å². The number of hydrogen-bond donors (Lipinski definition) is 3. The fourth-order valence-electron chi connectivity index (χ4n) is 2.21. The molecule has 1 heterocycles. The highest BCUT2D eigenvalue weighted by molar-refractivity contribution is 5.13. The number of rotatable bonds is 5. The molecule has 6 heteroatoms. The van der Waals surface area contributed by atoms with Gasteiger partial charge in [0.25, 0.3) is 0 Å². The first-order valence-electron chi connectivity index (χ1n) is 6.48. The minimum atomic E-state index is -1.12. The fraction of sp³-hybridized carbons (Fsp3) is 0.571. The molecule has 1 saturated heterocycles. The molecule has 20 heavy (non-hydrogen) atoms. The molecule has 2 rings (SSSR count). The maximum absolute atomic E-state index is 10.1. The third-order valence-corrected chi connectivity index (χ3v) is 3.34. The summed E-state index contributed by atoms with van der Waals surface area (Å²) in [5.41, 5.74) is 0.924. The lowest BCUT2D eigenvalue weighted by molar-refractivity contribution is -0.303. The summed E-state index contributed by atoms with van der Waals surface area (Å²) >= 11 is 0. The number of methoxy groups -OCH3 is 1. The molecular weight excluding hydrogens is 264 g/mol. The van der Waals surface area contributed by atoms with Crippen molar-refractivity contribution in [3.05, 3.63) is 35.9 Å². The Bertz CT molecular complexity index is 382. The van der Waals surface area contributed by atoms with Gasteiger partial charge in [0.15, 0.2) is 6.29 Å². The zero-order valence-electron chi connectivity index (χ0n) is 11.3. The average molecular weight is 284 g/mol. The van der Waals surface area contributed by atoms with Gasteiger partial charge in [0.1, 0.15) is 24.4 Å². The van der Waals surface area contributed by atoms with E-state index >= 15 is 0 Å². The van der Waals surface area contributed by atoms with Gasteiger partial charge in [-0.1, -0.05) is 30.3 Å². The van der Waals surface area contributed by atoms with E-state index in [1.807, 2.05) is 30.3 Å². The van der Waals surface area contributed by atoms with Crippen LogP contribution in [0, 0.1) is 0 Å². The Labute approximate surface area is 117 Å². The Balaban J connectivity index is 2.02. The average Bonchev–Trinajstić information content (AvgIpc) is 2.48. The molecule has 1 aromatic carbocycles. The van der Waals surface area contributed by atoms with Crippen molar-refractivity contribution in [3.8, 4) is 0 Å². The smallest absolute Gasteiger partial charge is 0.186 e. The van der Waals surface area contributed by atoms with Crippen molar-refractivity contribution >= 4 is 0 Å². The molecule has 0 radical (unpaired) electrons. The molecule has 0 bridgehead atoms. The van der Waals surface area contributed by atoms with E-state index in [1.165, 1.54) is 7.11 Å². The lowest BCUT2D eigenvalue weighted by Crippen LogP contribution is -2.59. The van der Waals surface area contributed by atoms with Crippen LogP contribution in [0.4, 0.5) is 0 Å². The van der Waals surface area contributed by atoms with Gasteiger partial charge in [0.2, 0.25) is 0 Å². The number of benzene rings is 1. The van der Waals surface area contributed by atoms with Crippen molar-refractivity contribution in [3.63, 3.8) is 0 Å². The van der Waals surface area contributed by atoms with E-state index in [1.54, 1.807) is 0 Å². The predicted molar refractivity (Wildman–Crippen MR) is 69.8 cm³/mol. The normalized spacial score (nSPS) is 34.1. The Morgan fingerprint density at radius 3 is 2.45 bits per heavy atom.